The number of amides is 2. The van der Waals surface area contributed by atoms with Gasteiger partial charge in [-0.05, 0) is 62.3 Å². The van der Waals surface area contributed by atoms with Crippen molar-refractivity contribution >= 4 is 11.8 Å². The Labute approximate surface area is 141 Å². The first-order chi connectivity index (χ1) is 11.6. The third-order valence-corrected chi connectivity index (χ3v) is 5.64. The monoisotopic (exact) mass is 330 g/mol. The van der Waals surface area contributed by atoms with Gasteiger partial charge in [0.2, 0.25) is 5.91 Å². The first kappa shape index (κ1) is 15.6. The molecule has 0 spiro atoms. The fourth-order valence-corrected chi connectivity index (χ4v) is 4.25. The number of hydrogen-bond donors (Lipinski definition) is 1. The normalized spacial score (nSPS) is 29.2. The molecule has 0 aromatic heterocycles. The zero-order valence-corrected chi connectivity index (χ0v) is 13.7. The van der Waals surface area contributed by atoms with Gasteiger partial charge in [0.15, 0.2) is 0 Å². The molecular formula is C19H23FN2O2. The van der Waals surface area contributed by atoms with Crippen molar-refractivity contribution in [3.63, 3.8) is 0 Å². The van der Waals surface area contributed by atoms with Gasteiger partial charge in [-0.1, -0.05) is 12.8 Å². The summed E-state index contributed by atoms with van der Waals surface area (Å²) in [6, 6.07) is 5.71. The summed E-state index contributed by atoms with van der Waals surface area (Å²) in [5.74, 6) is -0.0904. The van der Waals surface area contributed by atoms with Crippen LogP contribution in [0.1, 0.15) is 55.3 Å². The predicted molar refractivity (Wildman–Crippen MR) is 87.9 cm³/mol. The van der Waals surface area contributed by atoms with E-state index in [1.54, 1.807) is 4.90 Å². The Morgan fingerprint density at radius 3 is 2.46 bits per heavy atom. The molecule has 3 aliphatic rings. The van der Waals surface area contributed by atoms with Crippen LogP contribution in [0, 0.1) is 11.7 Å². The fourth-order valence-electron chi connectivity index (χ4n) is 4.25. The lowest BCUT2D eigenvalue weighted by molar-refractivity contribution is -0.125. The Morgan fingerprint density at radius 2 is 1.75 bits per heavy atom. The summed E-state index contributed by atoms with van der Waals surface area (Å²) in [6.07, 6.45) is 7.17. The average Bonchev–Trinajstić information content (AvgIpc) is 3.31. The molecule has 2 saturated carbocycles. The predicted octanol–water partition coefficient (Wildman–Crippen LogP) is 2.88. The van der Waals surface area contributed by atoms with Crippen LogP contribution in [0.3, 0.4) is 0 Å². The third kappa shape index (κ3) is 2.92. The molecule has 2 aliphatic carbocycles. The van der Waals surface area contributed by atoms with Crippen LogP contribution in [0.5, 0.6) is 0 Å². The van der Waals surface area contributed by atoms with Crippen LogP contribution >= 0.6 is 0 Å². The molecule has 4 nitrogen and oxygen atoms in total. The zero-order chi connectivity index (χ0) is 16.7. The third-order valence-electron chi connectivity index (χ3n) is 5.64. The minimum atomic E-state index is -0.378. The molecule has 1 saturated heterocycles. The molecule has 1 aliphatic heterocycles. The summed E-state index contributed by atoms with van der Waals surface area (Å²) in [7, 11) is 0. The lowest BCUT2D eigenvalue weighted by Gasteiger charge is -2.33. The van der Waals surface area contributed by atoms with E-state index in [-0.39, 0.29) is 29.7 Å². The molecule has 1 heterocycles. The van der Waals surface area contributed by atoms with Crippen molar-refractivity contribution in [1.82, 2.24) is 10.2 Å². The van der Waals surface area contributed by atoms with Crippen molar-refractivity contribution in [2.24, 2.45) is 5.92 Å². The minimum Gasteiger partial charge on any atom is -0.352 e. The van der Waals surface area contributed by atoms with Crippen LogP contribution in [0.15, 0.2) is 24.3 Å². The number of nitrogens with one attached hydrogen (secondary N) is 1. The molecule has 128 valence electrons. The number of benzene rings is 1. The quantitative estimate of drug-likeness (QED) is 0.926. The van der Waals surface area contributed by atoms with Crippen molar-refractivity contribution in [3.05, 3.63) is 35.6 Å². The molecule has 5 heteroatoms. The molecule has 0 radical (unpaired) electrons. The molecule has 1 aromatic rings. The molecule has 1 N–H and O–H groups in total. The second kappa shape index (κ2) is 6.19. The van der Waals surface area contributed by atoms with Gasteiger partial charge >= 0.3 is 0 Å². The molecule has 0 bridgehead atoms. The highest BCUT2D eigenvalue weighted by molar-refractivity contribution is 5.98. The molecule has 4 rings (SSSR count). The van der Waals surface area contributed by atoms with Gasteiger partial charge in [0.05, 0.1) is 0 Å². The van der Waals surface area contributed by atoms with Gasteiger partial charge in [0.25, 0.3) is 5.91 Å². The van der Waals surface area contributed by atoms with E-state index in [9.17, 15) is 14.0 Å². The Hall–Kier alpha value is -1.91. The van der Waals surface area contributed by atoms with E-state index in [0.29, 0.717) is 17.5 Å². The summed E-state index contributed by atoms with van der Waals surface area (Å²) in [6.45, 7) is 0. The SMILES string of the molecule is O=C(NC1CC1)[C@H]1C[C@@H]2CCCC[C@@H]2N1C(=O)c1ccc(F)cc1. The average molecular weight is 330 g/mol. The molecular weight excluding hydrogens is 307 g/mol. The lowest BCUT2D eigenvalue weighted by Crippen LogP contribution is -2.50. The van der Waals surface area contributed by atoms with E-state index >= 15 is 0 Å². The van der Waals surface area contributed by atoms with Crippen LogP contribution in [0.25, 0.3) is 0 Å². The second-order valence-electron chi connectivity index (χ2n) is 7.37. The molecule has 3 atom stereocenters. The zero-order valence-electron chi connectivity index (χ0n) is 13.7. The van der Waals surface area contributed by atoms with E-state index in [2.05, 4.69) is 5.32 Å². The van der Waals surface area contributed by atoms with Crippen LogP contribution in [-0.4, -0.2) is 34.8 Å². The van der Waals surface area contributed by atoms with Crippen molar-refractivity contribution in [2.75, 3.05) is 0 Å². The Morgan fingerprint density at radius 1 is 1.04 bits per heavy atom. The van der Waals surface area contributed by atoms with Gasteiger partial charge in [-0.15, -0.1) is 0 Å². The lowest BCUT2D eigenvalue weighted by atomic mass is 9.84. The maximum Gasteiger partial charge on any atom is 0.254 e. The van der Waals surface area contributed by atoms with Crippen molar-refractivity contribution in [1.29, 1.82) is 0 Å². The first-order valence-corrected chi connectivity index (χ1v) is 9.02. The summed E-state index contributed by atoms with van der Waals surface area (Å²) in [5, 5.41) is 3.06. The largest absolute Gasteiger partial charge is 0.352 e. The van der Waals surface area contributed by atoms with Crippen molar-refractivity contribution in [2.45, 2.75) is 63.1 Å². The van der Waals surface area contributed by atoms with Gasteiger partial charge in [-0.3, -0.25) is 9.59 Å². The first-order valence-electron chi connectivity index (χ1n) is 9.02. The maximum atomic E-state index is 13.2. The molecule has 2 amide bonds. The number of nitrogens with zero attached hydrogens (tertiary/aromatic N) is 1. The Kier molecular flexibility index (Phi) is 4.02. The highest BCUT2D eigenvalue weighted by Crippen LogP contribution is 2.40. The van der Waals surface area contributed by atoms with Gasteiger partial charge in [-0.2, -0.15) is 0 Å². The number of rotatable bonds is 3. The minimum absolute atomic E-state index is 0.0117. The number of carbonyl (C=O) groups excluding carboxylic acids is 2. The molecule has 24 heavy (non-hydrogen) atoms. The van der Waals surface area contributed by atoms with Gasteiger partial charge < -0.3 is 10.2 Å². The van der Waals surface area contributed by atoms with Crippen LogP contribution in [0.2, 0.25) is 0 Å². The molecule has 0 unspecified atom stereocenters. The highest BCUT2D eigenvalue weighted by atomic mass is 19.1. The summed E-state index contributed by atoms with van der Waals surface area (Å²) < 4.78 is 13.2. The number of halogens is 1. The van der Waals surface area contributed by atoms with Gasteiger partial charge in [0.1, 0.15) is 11.9 Å². The second-order valence-corrected chi connectivity index (χ2v) is 7.37. The van der Waals surface area contributed by atoms with Gasteiger partial charge in [0, 0.05) is 17.6 Å². The standard InChI is InChI=1S/C19H23FN2O2/c20-14-7-5-12(6-8-14)19(24)22-16-4-2-1-3-13(16)11-17(22)18(23)21-15-9-10-15/h5-8,13,15-17H,1-4,9-11H2,(H,21,23)/t13-,16-,17+/m0/s1. The van der Waals surface area contributed by atoms with Crippen LogP contribution in [0.4, 0.5) is 4.39 Å². The molecule has 1 aromatic carbocycles. The highest BCUT2D eigenvalue weighted by Gasteiger charge is 2.48. The van der Waals surface area contributed by atoms with Crippen molar-refractivity contribution in [3.8, 4) is 0 Å². The van der Waals surface area contributed by atoms with Crippen LogP contribution in [-0.2, 0) is 4.79 Å². The van der Waals surface area contributed by atoms with E-state index < -0.39 is 0 Å². The molecule has 3 fully saturated rings. The summed E-state index contributed by atoms with van der Waals surface area (Å²) in [5.41, 5.74) is 0.465. The number of fused-ring (bicyclic) bond motifs is 1. The number of carbonyl (C=O) groups is 2. The smallest absolute Gasteiger partial charge is 0.254 e. The fraction of sp³-hybridized carbons (Fsp3) is 0.579. The Balaban J connectivity index is 1.60. The number of hydrogen-bond acceptors (Lipinski definition) is 2. The van der Waals surface area contributed by atoms with Crippen LogP contribution < -0.4 is 5.32 Å². The Bertz CT molecular complexity index is 641. The van der Waals surface area contributed by atoms with Crippen molar-refractivity contribution < 1.29 is 14.0 Å². The van der Waals surface area contributed by atoms with E-state index in [1.807, 2.05) is 0 Å². The van der Waals surface area contributed by atoms with E-state index in [1.165, 1.54) is 30.7 Å². The summed E-state index contributed by atoms with van der Waals surface area (Å²) in [4.78, 5) is 27.5. The summed E-state index contributed by atoms with van der Waals surface area (Å²) >= 11 is 0. The van der Waals surface area contributed by atoms with Gasteiger partial charge in [-0.25, -0.2) is 4.39 Å². The van der Waals surface area contributed by atoms with E-state index in [0.717, 1.165) is 38.5 Å². The van der Waals surface area contributed by atoms with E-state index in [4.69, 9.17) is 0 Å². The number of likely N-dealkylation sites (tertiary alicyclic amines) is 1. The topological polar surface area (TPSA) is 49.4 Å². The maximum absolute atomic E-state index is 13.2.